The van der Waals surface area contributed by atoms with Crippen molar-refractivity contribution in [3.8, 4) is 0 Å². The smallest absolute Gasteiger partial charge is 0.306 e. The summed E-state index contributed by atoms with van der Waals surface area (Å²) in [4.78, 5) is 37.9. The molecule has 1 unspecified atom stereocenters. The van der Waals surface area contributed by atoms with Crippen LogP contribution in [0.1, 0.15) is 220 Å². The molecule has 0 N–H and O–H groups in total. The number of unbranched alkanes of at least 4 members (excludes halogenated alkanes) is 16. The highest BCUT2D eigenvalue weighted by Gasteiger charge is 2.19. The first-order valence-corrected chi connectivity index (χ1v) is 25.9. The Kier molecular flexibility index (Phi) is 48.5. The van der Waals surface area contributed by atoms with E-state index in [0.717, 1.165) is 109 Å². The van der Waals surface area contributed by atoms with Gasteiger partial charge in [-0.05, 0) is 109 Å². The standard InChI is InChI=1S/C58H94O6/c1-4-7-10-13-16-19-22-25-26-27-28-29-30-31-32-34-36-39-42-45-48-51-57(60)63-54-55(53-62-56(59)50-47-44-41-38-35-24-21-18-15-12-9-6-3)64-58(61)52-49-46-43-40-37-33-23-20-17-14-11-8-5-2/h7-8,10-11,16-21,25-26,28-29,33,37,43,46,55H,4-6,9,12-15,22-24,27,30-32,34-36,38-42,44-45,47-54H2,1-3H3/b10-7-,11-8-,19-16-,20-17-,21-18-,26-25-,29-28-,37-33-,46-43-. The third kappa shape index (κ3) is 49.1. The highest BCUT2D eigenvalue weighted by Crippen LogP contribution is 2.13. The number of rotatable bonds is 45. The first-order valence-electron chi connectivity index (χ1n) is 25.9. The van der Waals surface area contributed by atoms with Crippen LogP contribution in [0.15, 0.2) is 109 Å². The van der Waals surface area contributed by atoms with Crippen LogP contribution < -0.4 is 0 Å². The van der Waals surface area contributed by atoms with Crippen molar-refractivity contribution in [1.82, 2.24) is 0 Å². The number of hydrogen-bond donors (Lipinski definition) is 0. The first kappa shape index (κ1) is 60.1. The molecule has 0 amide bonds. The van der Waals surface area contributed by atoms with E-state index in [1.165, 1.54) is 64.2 Å². The predicted octanol–water partition coefficient (Wildman–Crippen LogP) is 17.1. The quantitative estimate of drug-likeness (QED) is 0.0262. The molecule has 0 bridgehead atoms. The van der Waals surface area contributed by atoms with Crippen LogP contribution in [0, 0.1) is 0 Å². The molecule has 362 valence electrons. The molecule has 64 heavy (non-hydrogen) atoms. The predicted molar refractivity (Wildman–Crippen MR) is 274 cm³/mol. The second-order valence-corrected chi connectivity index (χ2v) is 16.7. The molecular weight excluding hydrogens is 793 g/mol. The molecule has 6 heteroatoms. The molecule has 0 spiro atoms. The van der Waals surface area contributed by atoms with E-state index in [-0.39, 0.29) is 31.6 Å². The SMILES string of the molecule is CC/C=C\C/C=C\C/C=C\C/C=C\CCCCCCCCCCC(=O)OCC(COC(=O)CCCCCCC/C=C\CCCCC)OC(=O)CC/C=C\C/C=C\C/C=C\C/C=C\CC. The first-order chi connectivity index (χ1) is 31.5. The summed E-state index contributed by atoms with van der Waals surface area (Å²) in [6, 6.07) is 0. The Balaban J connectivity index is 4.43. The van der Waals surface area contributed by atoms with E-state index in [2.05, 4.69) is 118 Å². The largest absolute Gasteiger partial charge is 0.462 e. The maximum absolute atomic E-state index is 12.7. The fraction of sp³-hybridized carbons (Fsp3) is 0.638. The Bertz CT molecular complexity index is 1340. The van der Waals surface area contributed by atoms with Gasteiger partial charge in [-0.3, -0.25) is 14.4 Å². The maximum Gasteiger partial charge on any atom is 0.306 e. The summed E-state index contributed by atoms with van der Waals surface area (Å²) < 4.78 is 16.7. The molecule has 0 rings (SSSR count). The van der Waals surface area contributed by atoms with Crippen molar-refractivity contribution < 1.29 is 28.6 Å². The van der Waals surface area contributed by atoms with Gasteiger partial charge in [-0.25, -0.2) is 0 Å². The van der Waals surface area contributed by atoms with Crippen LogP contribution in [0.4, 0.5) is 0 Å². The lowest BCUT2D eigenvalue weighted by Gasteiger charge is -2.18. The molecule has 0 fully saturated rings. The van der Waals surface area contributed by atoms with Gasteiger partial charge in [-0.1, -0.05) is 201 Å². The minimum Gasteiger partial charge on any atom is -0.462 e. The summed E-state index contributed by atoms with van der Waals surface area (Å²) >= 11 is 0. The fourth-order valence-corrected chi connectivity index (χ4v) is 6.68. The van der Waals surface area contributed by atoms with Crippen LogP contribution in [0.2, 0.25) is 0 Å². The van der Waals surface area contributed by atoms with E-state index < -0.39 is 12.1 Å². The molecule has 0 saturated heterocycles. The Morgan fingerprint density at radius 3 is 1.03 bits per heavy atom. The van der Waals surface area contributed by atoms with Crippen LogP contribution in [-0.4, -0.2) is 37.2 Å². The number of esters is 3. The Morgan fingerprint density at radius 2 is 0.641 bits per heavy atom. The van der Waals surface area contributed by atoms with E-state index in [4.69, 9.17) is 14.2 Å². The minimum absolute atomic E-state index is 0.115. The van der Waals surface area contributed by atoms with Gasteiger partial charge in [0.05, 0.1) is 0 Å². The lowest BCUT2D eigenvalue weighted by atomic mass is 10.1. The van der Waals surface area contributed by atoms with Gasteiger partial charge in [0.1, 0.15) is 13.2 Å². The van der Waals surface area contributed by atoms with Crippen molar-refractivity contribution in [3.63, 3.8) is 0 Å². The molecule has 0 aromatic carbocycles. The molecule has 6 nitrogen and oxygen atoms in total. The lowest BCUT2D eigenvalue weighted by molar-refractivity contribution is -0.166. The van der Waals surface area contributed by atoms with Crippen molar-refractivity contribution in [1.29, 1.82) is 0 Å². The summed E-state index contributed by atoms with van der Waals surface area (Å²) in [6.07, 6.45) is 69.5. The van der Waals surface area contributed by atoms with Gasteiger partial charge in [-0.2, -0.15) is 0 Å². The molecule has 0 aliphatic rings. The molecular formula is C58H94O6. The summed E-state index contributed by atoms with van der Waals surface area (Å²) in [5, 5.41) is 0. The number of ether oxygens (including phenoxy) is 3. The third-order valence-electron chi connectivity index (χ3n) is 10.5. The summed E-state index contributed by atoms with van der Waals surface area (Å²) in [6.45, 7) is 6.29. The van der Waals surface area contributed by atoms with Crippen molar-refractivity contribution in [2.24, 2.45) is 0 Å². The van der Waals surface area contributed by atoms with E-state index in [1.807, 2.05) is 12.2 Å². The maximum atomic E-state index is 12.7. The zero-order valence-corrected chi connectivity index (χ0v) is 41.3. The van der Waals surface area contributed by atoms with Crippen molar-refractivity contribution in [2.75, 3.05) is 13.2 Å². The van der Waals surface area contributed by atoms with Crippen LogP contribution in [0.25, 0.3) is 0 Å². The second kappa shape index (κ2) is 51.7. The van der Waals surface area contributed by atoms with Crippen LogP contribution >= 0.6 is 0 Å². The number of hydrogen-bond acceptors (Lipinski definition) is 6. The zero-order chi connectivity index (χ0) is 46.5. The van der Waals surface area contributed by atoms with Crippen LogP contribution in [0.5, 0.6) is 0 Å². The van der Waals surface area contributed by atoms with Gasteiger partial charge in [0.2, 0.25) is 0 Å². The zero-order valence-electron chi connectivity index (χ0n) is 41.3. The van der Waals surface area contributed by atoms with Crippen molar-refractivity contribution in [2.45, 2.75) is 226 Å². The van der Waals surface area contributed by atoms with E-state index in [0.29, 0.717) is 19.3 Å². The summed E-state index contributed by atoms with van der Waals surface area (Å²) in [5.41, 5.74) is 0. The Hall–Kier alpha value is -3.93. The van der Waals surface area contributed by atoms with Crippen LogP contribution in [0.3, 0.4) is 0 Å². The molecule has 1 atom stereocenters. The van der Waals surface area contributed by atoms with Gasteiger partial charge in [0, 0.05) is 19.3 Å². The van der Waals surface area contributed by atoms with Gasteiger partial charge in [0.25, 0.3) is 0 Å². The molecule has 0 aliphatic heterocycles. The van der Waals surface area contributed by atoms with Crippen molar-refractivity contribution >= 4 is 17.9 Å². The minimum atomic E-state index is -0.823. The Morgan fingerprint density at radius 1 is 0.328 bits per heavy atom. The van der Waals surface area contributed by atoms with Crippen LogP contribution in [-0.2, 0) is 28.6 Å². The summed E-state index contributed by atoms with van der Waals surface area (Å²) in [5.74, 6) is -1.02. The molecule has 0 heterocycles. The molecule has 0 aliphatic carbocycles. The number of carbonyl (C=O) groups excluding carboxylic acids is 3. The Labute approximate surface area is 393 Å². The average molecular weight is 887 g/mol. The van der Waals surface area contributed by atoms with Gasteiger partial charge in [0.15, 0.2) is 6.10 Å². The molecule has 0 saturated carbocycles. The fourth-order valence-electron chi connectivity index (χ4n) is 6.68. The van der Waals surface area contributed by atoms with Gasteiger partial charge in [-0.15, -0.1) is 0 Å². The monoisotopic (exact) mass is 887 g/mol. The topological polar surface area (TPSA) is 78.9 Å². The summed E-state index contributed by atoms with van der Waals surface area (Å²) in [7, 11) is 0. The average Bonchev–Trinajstić information content (AvgIpc) is 3.29. The highest BCUT2D eigenvalue weighted by atomic mass is 16.6. The third-order valence-corrected chi connectivity index (χ3v) is 10.5. The lowest BCUT2D eigenvalue weighted by Crippen LogP contribution is -2.30. The molecule has 0 aromatic rings. The van der Waals surface area contributed by atoms with Crippen molar-refractivity contribution in [3.05, 3.63) is 109 Å². The number of carbonyl (C=O) groups is 3. The van der Waals surface area contributed by atoms with E-state index in [9.17, 15) is 14.4 Å². The highest BCUT2D eigenvalue weighted by molar-refractivity contribution is 5.71. The normalized spacial score (nSPS) is 13.0. The van der Waals surface area contributed by atoms with E-state index in [1.54, 1.807) is 0 Å². The molecule has 0 aromatic heterocycles. The van der Waals surface area contributed by atoms with Gasteiger partial charge >= 0.3 is 17.9 Å². The molecule has 0 radical (unpaired) electrons. The number of allylic oxidation sites excluding steroid dienone is 18. The second-order valence-electron chi connectivity index (χ2n) is 16.7. The van der Waals surface area contributed by atoms with E-state index >= 15 is 0 Å². The van der Waals surface area contributed by atoms with Gasteiger partial charge < -0.3 is 14.2 Å².